The first-order chi connectivity index (χ1) is 12.4. The molecule has 26 heavy (non-hydrogen) atoms. The Morgan fingerprint density at radius 1 is 1.12 bits per heavy atom. The number of amides is 1. The van der Waals surface area contributed by atoms with Crippen molar-refractivity contribution in [2.24, 2.45) is 5.73 Å². The maximum Gasteiger partial charge on any atom is 0.251 e. The number of aromatic hydroxyl groups is 1. The van der Waals surface area contributed by atoms with E-state index in [9.17, 15) is 9.90 Å². The highest BCUT2D eigenvalue weighted by molar-refractivity contribution is 6.02. The number of benzene rings is 2. The molecule has 0 aliphatic carbocycles. The number of nitrogens with two attached hydrogens (primary N) is 1. The third-order valence-corrected chi connectivity index (χ3v) is 4.77. The van der Waals surface area contributed by atoms with E-state index < -0.39 is 5.91 Å². The lowest BCUT2D eigenvalue weighted by Crippen LogP contribution is -2.13. The lowest BCUT2D eigenvalue weighted by Gasteiger charge is -2.12. The highest BCUT2D eigenvalue weighted by Gasteiger charge is 2.24. The van der Waals surface area contributed by atoms with Gasteiger partial charge in [0.15, 0.2) is 0 Å². The van der Waals surface area contributed by atoms with Gasteiger partial charge in [0.25, 0.3) is 5.91 Å². The third kappa shape index (κ3) is 3.23. The number of phenols is 1. The summed E-state index contributed by atoms with van der Waals surface area (Å²) in [5.74, 6) is -0.275. The molecule has 0 fully saturated rings. The van der Waals surface area contributed by atoms with E-state index in [4.69, 9.17) is 5.73 Å². The van der Waals surface area contributed by atoms with E-state index in [0.717, 1.165) is 28.9 Å². The highest BCUT2D eigenvalue weighted by Crippen LogP contribution is 2.35. The summed E-state index contributed by atoms with van der Waals surface area (Å²) in [7, 11) is 0. The molecule has 3 aromatic rings. The Bertz CT molecular complexity index is 970. The van der Waals surface area contributed by atoms with Crippen LogP contribution in [0.2, 0.25) is 0 Å². The number of aryl methyl sites for hydroxylation is 1. The van der Waals surface area contributed by atoms with Gasteiger partial charge in [-0.25, -0.2) is 0 Å². The Kier molecular flexibility index (Phi) is 4.85. The Balaban J connectivity index is 2.23. The van der Waals surface area contributed by atoms with Gasteiger partial charge in [0.2, 0.25) is 0 Å². The van der Waals surface area contributed by atoms with Gasteiger partial charge in [0, 0.05) is 23.5 Å². The number of aromatic nitrogens is 1. The third-order valence-electron chi connectivity index (χ3n) is 4.77. The minimum absolute atomic E-state index is 0.170. The van der Waals surface area contributed by atoms with E-state index >= 15 is 0 Å². The molecule has 0 aliphatic rings. The number of nitrogens with zero attached hydrogens (tertiary/aromatic N) is 1. The van der Waals surface area contributed by atoms with Crippen molar-refractivity contribution >= 4 is 5.91 Å². The number of phenolic OH excluding ortho intramolecular Hbond substituents is 1. The van der Waals surface area contributed by atoms with Crippen molar-refractivity contribution < 1.29 is 9.90 Å². The van der Waals surface area contributed by atoms with Gasteiger partial charge in [0.1, 0.15) is 5.75 Å². The van der Waals surface area contributed by atoms with Crippen molar-refractivity contribution in [2.45, 2.75) is 33.7 Å². The van der Waals surface area contributed by atoms with E-state index in [1.807, 2.05) is 19.1 Å². The van der Waals surface area contributed by atoms with Crippen molar-refractivity contribution in [3.05, 3.63) is 76.6 Å². The Hall–Kier alpha value is -3.01. The summed E-state index contributed by atoms with van der Waals surface area (Å²) in [6.07, 6.45) is 0.755. The normalized spacial score (nSPS) is 10.9. The molecule has 0 saturated heterocycles. The lowest BCUT2D eigenvalue weighted by molar-refractivity contribution is 0.1000. The van der Waals surface area contributed by atoms with Crippen LogP contribution in [0, 0.1) is 13.8 Å². The number of rotatable bonds is 5. The molecule has 0 unspecified atom stereocenters. The molecule has 2 aromatic carbocycles. The van der Waals surface area contributed by atoms with Crippen LogP contribution in [0.3, 0.4) is 0 Å². The van der Waals surface area contributed by atoms with Gasteiger partial charge in [-0.1, -0.05) is 48.9 Å². The molecule has 0 bridgehead atoms. The van der Waals surface area contributed by atoms with Gasteiger partial charge in [-0.2, -0.15) is 0 Å². The largest absolute Gasteiger partial charge is 0.508 e. The topological polar surface area (TPSA) is 68.2 Å². The quantitative estimate of drug-likeness (QED) is 0.726. The minimum atomic E-state index is -0.446. The predicted octanol–water partition coefficient (Wildman–Crippen LogP) is 4.19. The molecule has 4 heteroatoms. The summed E-state index contributed by atoms with van der Waals surface area (Å²) >= 11 is 0. The molecule has 134 valence electrons. The van der Waals surface area contributed by atoms with Crippen molar-refractivity contribution in [1.29, 1.82) is 0 Å². The molecule has 0 aliphatic heterocycles. The number of carbonyl (C=O) groups excluding carboxylic acids is 1. The van der Waals surface area contributed by atoms with Gasteiger partial charge in [-0.3, -0.25) is 4.79 Å². The Morgan fingerprint density at radius 3 is 2.46 bits per heavy atom. The summed E-state index contributed by atoms with van der Waals surface area (Å²) < 4.78 is 2.16. The van der Waals surface area contributed by atoms with Gasteiger partial charge in [-0.15, -0.1) is 0 Å². The molecule has 3 rings (SSSR count). The first-order valence-electron chi connectivity index (χ1n) is 8.79. The van der Waals surface area contributed by atoms with Crippen LogP contribution in [0.25, 0.3) is 11.1 Å². The van der Waals surface area contributed by atoms with Crippen LogP contribution in [0.1, 0.15) is 39.8 Å². The standard InChI is InChI=1S/C22H24N2O2/c1-4-19-21(17-9-6-10-18(25)12-17)20(22(23)26)15(3)24(19)13-16-8-5-7-14(2)11-16/h5-12,25H,4,13H2,1-3H3,(H2,23,26). The SMILES string of the molecule is CCc1c(-c2cccc(O)c2)c(C(N)=O)c(C)n1Cc1cccc(C)c1. The summed E-state index contributed by atoms with van der Waals surface area (Å²) in [5, 5.41) is 9.89. The number of hydrogen-bond donors (Lipinski definition) is 2. The predicted molar refractivity (Wildman–Crippen MR) is 104 cm³/mol. The molecule has 0 spiro atoms. The zero-order chi connectivity index (χ0) is 18.8. The van der Waals surface area contributed by atoms with Gasteiger partial charge in [-0.05, 0) is 43.5 Å². The molecule has 1 aromatic heterocycles. The van der Waals surface area contributed by atoms with Crippen LogP contribution in [0.4, 0.5) is 0 Å². The van der Waals surface area contributed by atoms with E-state index in [1.54, 1.807) is 18.2 Å². The molecule has 4 nitrogen and oxygen atoms in total. The zero-order valence-electron chi connectivity index (χ0n) is 15.4. The van der Waals surface area contributed by atoms with Gasteiger partial charge in [0.05, 0.1) is 5.56 Å². The van der Waals surface area contributed by atoms with Crippen LogP contribution >= 0.6 is 0 Å². The molecular weight excluding hydrogens is 324 g/mol. The fourth-order valence-electron chi connectivity index (χ4n) is 3.65. The number of hydrogen-bond acceptors (Lipinski definition) is 2. The van der Waals surface area contributed by atoms with Crippen LogP contribution in [0.15, 0.2) is 48.5 Å². The van der Waals surface area contributed by atoms with Crippen LogP contribution < -0.4 is 5.73 Å². The van der Waals surface area contributed by atoms with E-state index in [1.165, 1.54) is 11.1 Å². The summed E-state index contributed by atoms with van der Waals surface area (Å²) in [6.45, 7) is 6.75. The lowest BCUT2D eigenvalue weighted by atomic mass is 9.98. The molecule has 1 heterocycles. The number of primary amides is 1. The summed E-state index contributed by atoms with van der Waals surface area (Å²) in [4.78, 5) is 12.2. The molecule has 0 radical (unpaired) electrons. The first-order valence-corrected chi connectivity index (χ1v) is 8.79. The van der Waals surface area contributed by atoms with Crippen LogP contribution in [-0.2, 0) is 13.0 Å². The molecule has 0 saturated carbocycles. The van der Waals surface area contributed by atoms with Crippen LogP contribution in [-0.4, -0.2) is 15.6 Å². The number of carbonyl (C=O) groups is 1. The van der Waals surface area contributed by atoms with E-state index in [0.29, 0.717) is 12.1 Å². The first kappa shape index (κ1) is 17.8. The van der Waals surface area contributed by atoms with Crippen molar-refractivity contribution in [2.75, 3.05) is 0 Å². The maximum atomic E-state index is 12.2. The maximum absolute atomic E-state index is 12.2. The van der Waals surface area contributed by atoms with Crippen molar-refractivity contribution in [3.63, 3.8) is 0 Å². The second-order valence-corrected chi connectivity index (χ2v) is 6.63. The van der Waals surface area contributed by atoms with Gasteiger partial charge < -0.3 is 15.4 Å². The van der Waals surface area contributed by atoms with Crippen molar-refractivity contribution in [3.8, 4) is 16.9 Å². The zero-order valence-corrected chi connectivity index (χ0v) is 15.4. The summed E-state index contributed by atoms with van der Waals surface area (Å²) in [5.41, 5.74) is 12.2. The molecule has 0 atom stereocenters. The minimum Gasteiger partial charge on any atom is -0.508 e. The van der Waals surface area contributed by atoms with Gasteiger partial charge >= 0.3 is 0 Å². The van der Waals surface area contributed by atoms with Crippen LogP contribution in [0.5, 0.6) is 5.75 Å². The second-order valence-electron chi connectivity index (χ2n) is 6.63. The molecular formula is C22H24N2O2. The fraction of sp³-hybridized carbons (Fsp3) is 0.227. The average Bonchev–Trinajstić information content (AvgIpc) is 2.87. The van der Waals surface area contributed by atoms with E-state index in [2.05, 4.69) is 36.6 Å². The molecule has 3 N–H and O–H groups in total. The average molecular weight is 348 g/mol. The fourth-order valence-corrected chi connectivity index (χ4v) is 3.65. The second kappa shape index (κ2) is 7.08. The van der Waals surface area contributed by atoms with Crippen molar-refractivity contribution in [1.82, 2.24) is 4.57 Å². The Labute approximate surface area is 153 Å². The van der Waals surface area contributed by atoms with E-state index in [-0.39, 0.29) is 5.75 Å². The smallest absolute Gasteiger partial charge is 0.251 e. The molecule has 1 amide bonds. The summed E-state index contributed by atoms with van der Waals surface area (Å²) in [6, 6.07) is 15.3. The highest BCUT2D eigenvalue weighted by atomic mass is 16.3. The monoisotopic (exact) mass is 348 g/mol. The Morgan fingerprint density at radius 2 is 1.85 bits per heavy atom.